The molecule has 1 unspecified atom stereocenters. The van der Waals surface area contributed by atoms with Crippen LogP contribution in [-0.4, -0.2) is 57.0 Å². The van der Waals surface area contributed by atoms with Gasteiger partial charge in [0.2, 0.25) is 11.8 Å². The average Bonchev–Trinajstić information content (AvgIpc) is 2.88. The van der Waals surface area contributed by atoms with Gasteiger partial charge in [0.1, 0.15) is 11.8 Å². The minimum Gasteiger partial charge on any atom is -0.497 e. The van der Waals surface area contributed by atoms with Gasteiger partial charge in [0.05, 0.1) is 14.2 Å². The minimum absolute atomic E-state index is 0.157. The Morgan fingerprint density at radius 3 is 2.14 bits per heavy atom. The van der Waals surface area contributed by atoms with Gasteiger partial charge in [-0.2, -0.15) is 0 Å². The number of benzene rings is 2. The molecule has 0 aliphatic carbocycles. The third-order valence-electron chi connectivity index (χ3n) is 5.24. The van der Waals surface area contributed by atoms with Crippen LogP contribution in [0.5, 0.6) is 5.75 Å². The standard InChI is InChI=1S/C26H33N3O6/c1-34-21-14-12-20(13-15-21)25(32)27-16-6-10-23(30)29-22(18-19-8-4-3-5-9-19)26(33)28-17-7-11-24(31)35-2/h3-5,8-9,12-15,22H,6-7,10-11,16-18H2,1-2H3,(H,27,32)(H,28,33)(H,29,30). The second-order valence-electron chi connectivity index (χ2n) is 7.87. The Balaban J connectivity index is 1.81. The summed E-state index contributed by atoms with van der Waals surface area (Å²) in [6.07, 6.45) is 1.56. The normalized spacial score (nSPS) is 11.1. The largest absolute Gasteiger partial charge is 0.497 e. The van der Waals surface area contributed by atoms with E-state index >= 15 is 0 Å². The first-order valence-corrected chi connectivity index (χ1v) is 11.5. The molecule has 0 bridgehead atoms. The topological polar surface area (TPSA) is 123 Å². The number of esters is 1. The summed E-state index contributed by atoms with van der Waals surface area (Å²) in [5, 5.41) is 8.34. The molecule has 188 valence electrons. The molecule has 2 aromatic rings. The fourth-order valence-corrected chi connectivity index (χ4v) is 3.29. The first-order valence-electron chi connectivity index (χ1n) is 11.5. The summed E-state index contributed by atoms with van der Waals surface area (Å²) < 4.78 is 9.67. The van der Waals surface area contributed by atoms with Crippen LogP contribution >= 0.6 is 0 Å². The Morgan fingerprint density at radius 1 is 0.829 bits per heavy atom. The first-order chi connectivity index (χ1) is 16.9. The van der Waals surface area contributed by atoms with E-state index < -0.39 is 6.04 Å². The Kier molecular flexibility index (Phi) is 11.8. The summed E-state index contributed by atoms with van der Waals surface area (Å²) in [6, 6.07) is 15.4. The number of methoxy groups -OCH3 is 2. The highest BCUT2D eigenvalue weighted by molar-refractivity contribution is 5.94. The highest BCUT2D eigenvalue weighted by Gasteiger charge is 2.21. The van der Waals surface area contributed by atoms with Gasteiger partial charge in [-0.3, -0.25) is 19.2 Å². The summed E-state index contributed by atoms with van der Waals surface area (Å²) in [4.78, 5) is 48.7. The predicted molar refractivity (Wildman–Crippen MR) is 131 cm³/mol. The van der Waals surface area contributed by atoms with Gasteiger partial charge >= 0.3 is 5.97 Å². The summed E-state index contributed by atoms with van der Waals surface area (Å²) >= 11 is 0. The summed E-state index contributed by atoms with van der Waals surface area (Å²) in [7, 11) is 2.87. The molecule has 3 amide bonds. The molecule has 0 aromatic heterocycles. The Labute approximate surface area is 205 Å². The minimum atomic E-state index is -0.753. The number of rotatable bonds is 14. The van der Waals surface area contributed by atoms with E-state index in [1.54, 1.807) is 31.4 Å². The van der Waals surface area contributed by atoms with Crippen LogP contribution in [0.15, 0.2) is 54.6 Å². The number of hydrogen-bond acceptors (Lipinski definition) is 6. The Bertz CT molecular complexity index is 963. The van der Waals surface area contributed by atoms with Crippen molar-refractivity contribution in [2.45, 2.75) is 38.1 Å². The molecule has 0 saturated carbocycles. The first kappa shape index (κ1) is 27.4. The summed E-state index contributed by atoms with van der Waals surface area (Å²) in [5.41, 5.74) is 1.41. The number of ether oxygens (including phenoxy) is 2. The molecule has 3 N–H and O–H groups in total. The van der Waals surface area contributed by atoms with Crippen LogP contribution in [0, 0.1) is 0 Å². The molecule has 0 radical (unpaired) electrons. The van der Waals surface area contributed by atoms with E-state index in [0.29, 0.717) is 43.7 Å². The Morgan fingerprint density at radius 2 is 1.49 bits per heavy atom. The lowest BCUT2D eigenvalue weighted by molar-refractivity contribution is -0.140. The zero-order chi connectivity index (χ0) is 25.5. The highest BCUT2D eigenvalue weighted by Crippen LogP contribution is 2.11. The SMILES string of the molecule is COC(=O)CCCNC(=O)C(Cc1ccccc1)NC(=O)CCCNC(=O)c1ccc(OC)cc1. The number of carbonyl (C=O) groups excluding carboxylic acids is 4. The second-order valence-corrected chi connectivity index (χ2v) is 7.87. The molecular formula is C26H33N3O6. The lowest BCUT2D eigenvalue weighted by Crippen LogP contribution is -2.48. The van der Waals surface area contributed by atoms with Gasteiger partial charge in [-0.25, -0.2) is 0 Å². The molecule has 1 atom stereocenters. The van der Waals surface area contributed by atoms with Crippen molar-refractivity contribution in [3.05, 3.63) is 65.7 Å². The van der Waals surface area contributed by atoms with Crippen LogP contribution in [0.25, 0.3) is 0 Å². The number of amides is 3. The number of carbonyl (C=O) groups is 4. The maximum absolute atomic E-state index is 12.7. The lowest BCUT2D eigenvalue weighted by Gasteiger charge is -2.19. The van der Waals surface area contributed by atoms with E-state index in [2.05, 4.69) is 20.7 Å². The maximum Gasteiger partial charge on any atom is 0.305 e. The monoisotopic (exact) mass is 483 g/mol. The molecular weight excluding hydrogens is 450 g/mol. The molecule has 0 fully saturated rings. The molecule has 9 nitrogen and oxygen atoms in total. The van der Waals surface area contributed by atoms with Crippen molar-refractivity contribution < 1.29 is 28.7 Å². The zero-order valence-electron chi connectivity index (χ0n) is 20.2. The molecule has 35 heavy (non-hydrogen) atoms. The third-order valence-corrected chi connectivity index (χ3v) is 5.24. The average molecular weight is 484 g/mol. The van der Waals surface area contributed by atoms with E-state index in [9.17, 15) is 19.2 Å². The summed E-state index contributed by atoms with van der Waals surface area (Å²) in [6.45, 7) is 0.619. The summed E-state index contributed by atoms with van der Waals surface area (Å²) in [5.74, 6) is -0.515. The van der Waals surface area contributed by atoms with E-state index in [4.69, 9.17) is 4.74 Å². The predicted octanol–water partition coefficient (Wildman–Crippen LogP) is 2.00. The number of hydrogen-bond donors (Lipinski definition) is 3. The Hall–Kier alpha value is -3.88. The van der Waals surface area contributed by atoms with Crippen molar-refractivity contribution in [1.82, 2.24) is 16.0 Å². The molecule has 0 saturated heterocycles. The van der Waals surface area contributed by atoms with Gasteiger partial charge in [0.15, 0.2) is 0 Å². The molecule has 0 aliphatic heterocycles. The molecule has 2 aromatic carbocycles. The van der Waals surface area contributed by atoms with Crippen LogP contribution in [0.3, 0.4) is 0 Å². The van der Waals surface area contributed by atoms with Crippen LogP contribution in [0.4, 0.5) is 0 Å². The fourth-order valence-electron chi connectivity index (χ4n) is 3.29. The van der Waals surface area contributed by atoms with Gasteiger partial charge in [-0.05, 0) is 42.7 Å². The van der Waals surface area contributed by atoms with Crippen molar-refractivity contribution in [3.8, 4) is 5.75 Å². The van der Waals surface area contributed by atoms with E-state index in [1.807, 2.05) is 30.3 Å². The van der Waals surface area contributed by atoms with Gasteiger partial charge in [-0.15, -0.1) is 0 Å². The molecule has 0 aliphatic rings. The zero-order valence-corrected chi connectivity index (χ0v) is 20.2. The smallest absolute Gasteiger partial charge is 0.305 e. The van der Waals surface area contributed by atoms with Crippen molar-refractivity contribution in [1.29, 1.82) is 0 Å². The van der Waals surface area contributed by atoms with E-state index in [1.165, 1.54) is 7.11 Å². The van der Waals surface area contributed by atoms with Crippen LogP contribution in [0.2, 0.25) is 0 Å². The van der Waals surface area contributed by atoms with Gasteiger partial charge < -0.3 is 25.4 Å². The van der Waals surface area contributed by atoms with Crippen molar-refractivity contribution in [3.63, 3.8) is 0 Å². The van der Waals surface area contributed by atoms with Gasteiger partial charge in [-0.1, -0.05) is 30.3 Å². The van der Waals surface area contributed by atoms with Crippen LogP contribution < -0.4 is 20.7 Å². The van der Waals surface area contributed by atoms with Crippen molar-refractivity contribution in [2.75, 3.05) is 27.3 Å². The maximum atomic E-state index is 12.7. The molecule has 9 heteroatoms. The van der Waals surface area contributed by atoms with E-state index in [0.717, 1.165) is 5.56 Å². The molecule has 0 heterocycles. The lowest BCUT2D eigenvalue weighted by atomic mass is 10.0. The second kappa shape index (κ2) is 15.1. The van der Waals surface area contributed by atoms with Crippen molar-refractivity contribution in [2.24, 2.45) is 0 Å². The third kappa shape index (κ3) is 10.3. The van der Waals surface area contributed by atoms with Gasteiger partial charge in [0, 0.05) is 37.9 Å². The highest BCUT2D eigenvalue weighted by atomic mass is 16.5. The number of nitrogens with one attached hydrogen (secondary N) is 3. The quantitative estimate of drug-likeness (QED) is 0.279. The van der Waals surface area contributed by atoms with Crippen molar-refractivity contribution >= 4 is 23.7 Å². The fraction of sp³-hybridized carbons (Fsp3) is 0.385. The molecule has 2 rings (SSSR count). The van der Waals surface area contributed by atoms with Crippen LogP contribution in [-0.2, 0) is 25.5 Å². The van der Waals surface area contributed by atoms with E-state index in [-0.39, 0.29) is 36.5 Å². The van der Waals surface area contributed by atoms with Crippen LogP contribution in [0.1, 0.15) is 41.6 Å². The van der Waals surface area contributed by atoms with Gasteiger partial charge in [0.25, 0.3) is 5.91 Å². The molecule has 0 spiro atoms.